The molecule has 0 saturated carbocycles. The van der Waals surface area contributed by atoms with Crippen LogP contribution in [0.25, 0.3) is 0 Å². The van der Waals surface area contributed by atoms with Gasteiger partial charge in [0.1, 0.15) is 5.82 Å². The molecule has 92 valence electrons. The predicted molar refractivity (Wildman–Crippen MR) is 69.2 cm³/mol. The van der Waals surface area contributed by atoms with Crippen molar-refractivity contribution in [2.24, 2.45) is 0 Å². The summed E-state index contributed by atoms with van der Waals surface area (Å²) in [4.78, 5) is 13.7. The summed E-state index contributed by atoms with van der Waals surface area (Å²) in [7, 11) is 1.72. The van der Waals surface area contributed by atoms with Gasteiger partial charge in [0.2, 0.25) is 0 Å². The average Bonchev–Trinajstić information content (AvgIpc) is 2.84. The van der Waals surface area contributed by atoms with E-state index in [0.717, 1.165) is 17.9 Å². The lowest BCUT2D eigenvalue weighted by Gasteiger charge is -2.24. The molecule has 1 amide bonds. The molecule has 1 aliphatic rings. The van der Waals surface area contributed by atoms with Crippen LogP contribution in [0, 0.1) is 5.82 Å². The molecule has 1 heterocycles. The second-order valence-corrected chi connectivity index (χ2v) is 5.64. The maximum Gasteiger partial charge on any atom is 0.256 e. The molecule has 2 nitrogen and oxygen atoms in total. The van der Waals surface area contributed by atoms with Crippen molar-refractivity contribution in [3.05, 3.63) is 34.6 Å². The van der Waals surface area contributed by atoms with Crippen molar-refractivity contribution in [1.82, 2.24) is 4.90 Å². The molecule has 0 spiro atoms. The van der Waals surface area contributed by atoms with E-state index >= 15 is 0 Å². The van der Waals surface area contributed by atoms with Gasteiger partial charge in [0.05, 0.1) is 5.56 Å². The highest BCUT2D eigenvalue weighted by atomic mass is 35.5. The van der Waals surface area contributed by atoms with Crippen molar-refractivity contribution in [1.29, 1.82) is 0 Å². The molecule has 1 saturated heterocycles. The minimum Gasteiger partial charge on any atom is -0.338 e. The van der Waals surface area contributed by atoms with Crippen molar-refractivity contribution in [2.75, 3.05) is 18.6 Å². The monoisotopic (exact) mass is 273 g/mol. The van der Waals surface area contributed by atoms with Gasteiger partial charge in [0.25, 0.3) is 5.91 Å². The van der Waals surface area contributed by atoms with Crippen LogP contribution in [-0.4, -0.2) is 35.4 Å². The maximum absolute atomic E-state index is 13.6. The average molecular weight is 274 g/mol. The Morgan fingerprint density at radius 3 is 3.00 bits per heavy atom. The number of carbonyl (C=O) groups excluding carboxylic acids is 1. The van der Waals surface area contributed by atoms with E-state index in [0.29, 0.717) is 5.02 Å². The fraction of sp³-hybridized carbons (Fsp3) is 0.417. The van der Waals surface area contributed by atoms with Crippen LogP contribution >= 0.6 is 23.4 Å². The van der Waals surface area contributed by atoms with Gasteiger partial charge in [-0.05, 0) is 30.4 Å². The third-order valence-electron chi connectivity index (χ3n) is 2.93. The van der Waals surface area contributed by atoms with E-state index in [2.05, 4.69) is 0 Å². The lowest BCUT2D eigenvalue weighted by atomic mass is 10.1. The zero-order chi connectivity index (χ0) is 12.4. The first-order valence-corrected chi connectivity index (χ1v) is 6.93. The van der Waals surface area contributed by atoms with Gasteiger partial charge in [0, 0.05) is 23.9 Å². The standard InChI is InChI=1S/C12H13ClFNOS/c1-15(9-4-5-17-7-9)12(16)10-6-8(13)2-3-11(10)14/h2-3,6,9H,4-5,7H2,1H3. The van der Waals surface area contributed by atoms with Gasteiger partial charge in [0.15, 0.2) is 0 Å². The van der Waals surface area contributed by atoms with E-state index in [-0.39, 0.29) is 17.5 Å². The van der Waals surface area contributed by atoms with Gasteiger partial charge in [-0.25, -0.2) is 4.39 Å². The smallest absolute Gasteiger partial charge is 0.256 e. The Balaban J connectivity index is 2.20. The van der Waals surface area contributed by atoms with Crippen molar-refractivity contribution in [3.8, 4) is 0 Å². The molecule has 1 aromatic carbocycles. The lowest BCUT2D eigenvalue weighted by molar-refractivity contribution is 0.0743. The summed E-state index contributed by atoms with van der Waals surface area (Å²) in [5.74, 6) is 1.17. The number of carbonyl (C=O) groups is 1. The third-order valence-corrected chi connectivity index (χ3v) is 4.31. The molecule has 1 atom stereocenters. The van der Waals surface area contributed by atoms with Gasteiger partial charge in [-0.15, -0.1) is 0 Å². The normalized spacial score (nSPS) is 19.4. The van der Waals surface area contributed by atoms with Crippen LogP contribution in [0.15, 0.2) is 18.2 Å². The second-order valence-electron chi connectivity index (χ2n) is 4.06. The summed E-state index contributed by atoms with van der Waals surface area (Å²) >= 11 is 7.60. The zero-order valence-electron chi connectivity index (χ0n) is 9.45. The molecule has 0 aliphatic carbocycles. The number of thioether (sulfide) groups is 1. The van der Waals surface area contributed by atoms with Crippen LogP contribution in [0.1, 0.15) is 16.8 Å². The molecule has 2 rings (SSSR count). The molecule has 0 bridgehead atoms. The quantitative estimate of drug-likeness (QED) is 0.825. The summed E-state index contributed by atoms with van der Waals surface area (Å²) in [6.45, 7) is 0. The summed E-state index contributed by atoms with van der Waals surface area (Å²) in [5.41, 5.74) is 0.0527. The van der Waals surface area contributed by atoms with Gasteiger partial charge in [-0.3, -0.25) is 4.79 Å². The van der Waals surface area contributed by atoms with Gasteiger partial charge >= 0.3 is 0 Å². The van der Waals surface area contributed by atoms with Gasteiger partial charge in [-0.1, -0.05) is 11.6 Å². The molecule has 1 fully saturated rings. The molecule has 0 radical (unpaired) electrons. The third kappa shape index (κ3) is 2.75. The number of benzene rings is 1. The van der Waals surface area contributed by atoms with Crippen molar-refractivity contribution < 1.29 is 9.18 Å². The number of rotatable bonds is 2. The van der Waals surface area contributed by atoms with E-state index in [4.69, 9.17) is 11.6 Å². The summed E-state index contributed by atoms with van der Waals surface area (Å²) in [6, 6.07) is 4.26. The number of hydrogen-bond donors (Lipinski definition) is 0. The van der Waals surface area contributed by atoms with Crippen LogP contribution in [-0.2, 0) is 0 Å². The van der Waals surface area contributed by atoms with Crippen molar-refractivity contribution in [3.63, 3.8) is 0 Å². The van der Waals surface area contributed by atoms with E-state index in [9.17, 15) is 9.18 Å². The first-order valence-electron chi connectivity index (χ1n) is 5.39. The number of halogens is 2. The van der Waals surface area contributed by atoms with E-state index in [1.807, 2.05) is 11.8 Å². The van der Waals surface area contributed by atoms with Gasteiger partial charge in [-0.2, -0.15) is 11.8 Å². The van der Waals surface area contributed by atoms with Crippen LogP contribution in [0.4, 0.5) is 4.39 Å². The lowest BCUT2D eigenvalue weighted by Crippen LogP contribution is -2.37. The highest BCUT2D eigenvalue weighted by Crippen LogP contribution is 2.24. The van der Waals surface area contributed by atoms with Crippen LogP contribution in [0.2, 0.25) is 5.02 Å². The second kappa shape index (κ2) is 5.27. The Labute approximate surface area is 109 Å². The molecular weight excluding hydrogens is 261 g/mol. The molecule has 0 aromatic heterocycles. The molecule has 1 aromatic rings. The first-order chi connectivity index (χ1) is 8.09. The largest absolute Gasteiger partial charge is 0.338 e. The number of amides is 1. The van der Waals surface area contributed by atoms with E-state index in [1.54, 1.807) is 11.9 Å². The molecule has 1 aliphatic heterocycles. The summed E-state index contributed by atoms with van der Waals surface area (Å²) in [6.07, 6.45) is 0.967. The predicted octanol–water partition coefficient (Wildman–Crippen LogP) is 3.06. The van der Waals surface area contributed by atoms with Crippen molar-refractivity contribution >= 4 is 29.3 Å². The molecule has 5 heteroatoms. The summed E-state index contributed by atoms with van der Waals surface area (Å²) in [5, 5.41) is 0.379. The molecule has 0 N–H and O–H groups in total. The first kappa shape index (κ1) is 12.7. The molecule has 1 unspecified atom stereocenters. The van der Waals surface area contributed by atoms with E-state index < -0.39 is 5.82 Å². The Hall–Kier alpha value is -0.740. The fourth-order valence-corrected chi connectivity index (χ4v) is 3.28. The summed E-state index contributed by atoms with van der Waals surface area (Å²) < 4.78 is 13.6. The highest BCUT2D eigenvalue weighted by molar-refractivity contribution is 7.99. The van der Waals surface area contributed by atoms with Crippen molar-refractivity contribution in [2.45, 2.75) is 12.5 Å². The van der Waals surface area contributed by atoms with Gasteiger partial charge < -0.3 is 4.90 Å². The Morgan fingerprint density at radius 1 is 1.59 bits per heavy atom. The SMILES string of the molecule is CN(C(=O)c1cc(Cl)ccc1F)C1CCSC1. The Morgan fingerprint density at radius 2 is 2.35 bits per heavy atom. The topological polar surface area (TPSA) is 20.3 Å². The minimum absolute atomic E-state index is 0.0527. The molecular formula is C12H13ClFNOS. The zero-order valence-corrected chi connectivity index (χ0v) is 11.0. The minimum atomic E-state index is -0.517. The molecule has 17 heavy (non-hydrogen) atoms. The van der Waals surface area contributed by atoms with E-state index in [1.165, 1.54) is 18.2 Å². The number of hydrogen-bond acceptors (Lipinski definition) is 2. The highest BCUT2D eigenvalue weighted by Gasteiger charge is 2.26. The number of nitrogens with zero attached hydrogens (tertiary/aromatic N) is 1. The Bertz CT molecular complexity index is 435. The maximum atomic E-state index is 13.6. The van der Waals surface area contributed by atoms with Crippen LogP contribution in [0.5, 0.6) is 0 Å². The van der Waals surface area contributed by atoms with Crippen LogP contribution < -0.4 is 0 Å². The van der Waals surface area contributed by atoms with Crippen LogP contribution in [0.3, 0.4) is 0 Å². The Kier molecular flexibility index (Phi) is 3.94. The fourth-order valence-electron chi connectivity index (χ4n) is 1.84.